The Labute approximate surface area is 198 Å². The highest BCUT2D eigenvalue weighted by Crippen LogP contribution is 2.28. The van der Waals surface area contributed by atoms with E-state index in [1.807, 2.05) is 25.1 Å². The number of aryl methyl sites for hydroxylation is 2. The zero-order valence-corrected chi connectivity index (χ0v) is 20.2. The van der Waals surface area contributed by atoms with Crippen molar-refractivity contribution in [3.8, 4) is 5.75 Å². The Kier molecular flexibility index (Phi) is 6.86. The van der Waals surface area contributed by atoms with Gasteiger partial charge >= 0.3 is 0 Å². The molecular formula is C26H31N5O3. The van der Waals surface area contributed by atoms with E-state index in [-0.39, 0.29) is 18.0 Å². The van der Waals surface area contributed by atoms with Gasteiger partial charge in [0.1, 0.15) is 23.6 Å². The van der Waals surface area contributed by atoms with Crippen LogP contribution in [0.3, 0.4) is 0 Å². The highest BCUT2D eigenvalue weighted by Gasteiger charge is 2.16. The Balaban J connectivity index is 1.42. The van der Waals surface area contributed by atoms with Gasteiger partial charge in [0.05, 0.1) is 12.6 Å². The Hall–Kier alpha value is -3.81. The van der Waals surface area contributed by atoms with Crippen molar-refractivity contribution >= 4 is 28.0 Å². The summed E-state index contributed by atoms with van der Waals surface area (Å²) >= 11 is 0. The Morgan fingerprint density at radius 2 is 1.91 bits per heavy atom. The van der Waals surface area contributed by atoms with Crippen molar-refractivity contribution in [3.05, 3.63) is 70.3 Å². The maximum absolute atomic E-state index is 13.1. The van der Waals surface area contributed by atoms with Gasteiger partial charge in [-0.25, -0.2) is 4.68 Å². The Morgan fingerprint density at radius 1 is 1.12 bits per heavy atom. The van der Waals surface area contributed by atoms with Crippen LogP contribution in [0.5, 0.6) is 5.75 Å². The SMILES string of the molecule is CCN(CCCNC(=O)Cn1nc(C)n2c(cc3c(OC)cccc32)c1=O)c1cccc(C)c1. The fraction of sp³-hybridized carbons (Fsp3) is 0.346. The predicted molar refractivity (Wildman–Crippen MR) is 135 cm³/mol. The molecule has 0 aliphatic carbocycles. The number of benzene rings is 2. The number of fused-ring (bicyclic) bond motifs is 3. The third kappa shape index (κ3) is 4.62. The Bertz CT molecular complexity index is 1390. The molecule has 0 atom stereocenters. The average Bonchev–Trinajstić information content (AvgIpc) is 3.23. The minimum Gasteiger partial charge on any atom is -0.496 e. The molecule has 0 aliphatic rings. The van der Waals surface area contributed by atoms with Crippen LogP contribution in [0.15, 0.2) is 53.3 Å². The van der Waals surface area contributed by atoms with Crippen molar-refractivity contribution < 1.29 is 9.53 Å². The molecule has 0 spiro atoms. The molecule has 2 aromatic heterocycles. The second-order valence-electron chi connectivity index (χ2n) is 8.39. The maximum atomic E-state index is 13.1. The van der Waals surface area contributed by atoms with Gasteiger partial charge in [0.25, 0.3) is 5.56 Å². The monoisotopic (exact) mass is 461 g/mol. The molecule has 0 radical (unpaired) electrons. The zero-order chi connectivity index (χ0) is 24.2. The average molecular weight is 462 g/mol. The highest BCUT2D eigenvalue weighted by molar-refractivity contribution is 5.92. The number of hydrogen-bond donors (Lipinski definition) is 1. The summed E-state index contributed by atoms with van der Waals surface area (Å²) in [4.78, 5) is 27.9. The van der Waals surface area contributed by atoms with Gasteiger partial charge in [-0.2, -0.15) is 5.10 Å². The number of nitrogens with zero attached hydrogens (tertiary/aromatic N) is 4. The van der Waals surface area contributed by atoms with Gasteiger partial charge < -0.3 is 15.0 Å². The standard InChI is InChI=1S/C26H31N5O3/c1-5-29(20-10-6-9-18(2)15-20)14-8-13-27-25(32)17-30-26(33)23-16-21-22(31(23)19(3)28-30)11-7-12-24(21)34-4/h6-7,9-12,15-16H,5,8,13-14,17H2,1-4H3,(H,27,32). The Morgan fingerprint density at radius 3 is 2.65 bits per heavy atom. The zero-order valence-electron chi connectivity index (χ0n) is 20.2. The predicted octanol–water partition coefficient (Wildman–Crippen LogP) is 3.31. The van der Waals surface area contributed by atoms with E-state index < -0.39 is 0 Å². The van der Waals surface area contributed by atoms with Crippen molar-refractivity contribution in [1.29, 1.82) is 0 Å². The third-order valence-corrected chi connectivity index (χ3v) is 6.04. The number of anilines is 1. The number of hydrogen-bond acceptors (Lipinski definition) is 5. The summed E-state index contributed by atoms with van der Waals surface area (Å²) in [6.07, 6.45) is 0.803. The fourth-order valence-corrected chi connectivity index (χ4v) is 4.38. The first-order chi connectivity index (χ1) is 16.4. The molecule has 0 bridgehead atoms. The van der Waals surface area contributed by atoms with Crippen molar-refractivity contribution in [2.24, 2.45) is 0 Å². The second kappa shape index (κ2) is 9.99. The molecule has 2 heterocycles. The van der Waals surface area contributed by atoms with Crippen molar-refractivity contribution in [2.45, 2.75) is 33.7 Å². The lowest BCUT2D eigenvalue weighted by molar-refractivity contribution is -0.121. The van der Waals surface area contributed by atoms with E-state index in [9.17, 15) is 9.59 Å². The van der Waals surface area contributed by atoms with Crippen LogP contribution in [0.4, 0.5) is 5.69 Å². The van der Waals surface area contributed by atoms with Gasteiger partial charge in [-0.3, -0.25) is 14.0 Å². The largest absolute Gasteiger partial charge is 0.496 e. The summed E-state index contributed by atoms with van der Waals surface area (Å²) in [6.45, 7) is 8.17. The number of aromatic nitrogens is 3. The number of rotatable bonds is 9. The van der Waals surface area contributed by atoms with E-state index in [0.717, 1.165) is 30.4 Å². The number of ether oxygens (including phenoxy) is 1. The van der Waals surface area contributed by atoms with Crippen LogP contribution in [0.25, 0.3) is 16.4 Å². The lowest BCUT2D eigenvalue weighted by atomic mass is 10.2. The normalized spacial score (nSPS) is 11.2. The van der Waals surface area contributed by atoms with Gasteiger partial charge in [0.2, 0.25) is 5.91 Å². The highest BCUT2D eigenvalue weighted by atomic mass is 16.5. The summed E-state index contributed by atoms with van der Waals surface area (Å²) in [5.41, 5.74) is 3.42. The molecule has 2 aromatic carbocycles. The molecule has 0 fully saturated rings. The number of methoxy groups -OCH3 is 1. The molecule has 8 heteroatoms. The summed E-state index contributed by atoms with van der Waals surface area (Å²) in [5, 5.41) is 8.15. The van der Waals surface area contributed by atoms with E-state index >= 15 is 0 Å². The van der Waals surface area contributed by atoms with E-state index in [4.69, 9.17) is 4.74 Å². The van der Waals surface area contributed by atoms with Crippen LogP contribution >= 0.6 is 0 Å². The van der Waals surface area contributed by atoms with E-state index in [1.54, 1.807) is 17.6 Å². The first-order valence-electron chi connectivity index (χ1n) is 11.6. The molecule has 34 heavy (non-hydrogen) atoms. The van der Waals surface area contributed by atoms with Crippen molar-refractivity contribution in [1.82, 2.24) is 19.5 Å². The van der Waals surface area contributed by atoms with Crippen LogP contribution in [-0.4, -0.2) is 46.8 Å². The molecule has 0 aliphatic heterocycles. The lowest BCUT2D eigenvalue weighted by Crippen LogP contribution is -2.36. The number of carbonyl (C=O) groups is 1. The summed E-state index contributed by atoms with van der Waals surface area (Å²) in [5.74, 6) is 1.09. The topological polar surface area (TPSA) is 80.9 Å². The van der Waals surface area contributed by atoms with Crippen LogP contribution in [-0.2, 0) is 11.3 Å². The van der Waals surface area contributed by atoms with E-state index in [1.165, 1.54) is 15.9 Å². The second-order valence-corrected chi connectivity index (χ2v) is 8.39. The molecule has 0 saturated carbocycles. The minimum atomic E-state index is -0.310. The quantitative estimate of drug-likeness (QED) is 0.387. The molecule has 4 aromatic rings. The van der Waals surface area contributed by atoms with Gasteiger partial charge in [-0.1, -0.05) is 18.2 Å². The molecule has 1 amide bonds. The number of amides is 1. The smallest absolute Gasteiger partial charge is 0.291 e. The first-order valence-corrected chi connectivity index (χ1v) is 11.6. The van der Waals surface area contributed by atoms with Gasteiger partial charge in [0.15, 0.2) is 0 Å². The third-order valence-electron chi connectivity index (χ3n) is 6.04. The minimum absolute atomic E-state index is 0.121. The molecule has 8 nitrogen and oxygen atoms in total. The molecule has 0 saturated heterocycles. The van der Waals surface area contributed by atoms with Gasteiger partial charge in [-0.05, 0) is 63.1 Å². The van der Waals surface area contributed by atoms with E-state index in [2.05, 4.69) is 53.4 Å². The molecular weight excluding hydrogens is 430 g/mol. The lowest BCUT2D eigenvalue weighted by Gasteiger charge is -2.23. The summed E-state index contributed by atoms with van der Waals surface area (Å²) in [7, 11) is 1.60. The molecule has 1 N–H and O–H groups in total. The van der Waals surface area contributed by atoms with Gasteiger partial charge in [-0.15, -0.1) is 0 Å². The molecule has 4 rings (SSSR count). The van der Waals surface area contributed by atoms with Crippen LogP contribution in [0, 0.1) is 13.8 Å². The van der Waals surface area contributed by atoms with E-state index in [0.29, 0.717) is 23.6 Å². The molecule has 0 unspecified atom stereocenters. The maximum Gasteiger partial charge on any atom is 0.291 e. The summed E-state index contributed by atoms with van der Waals surface area (Å²) in [6, 6.07) is 15.9. The molecule has 178 valence electrons. The summed E-state index contributed by atoms with van der Waals surface area (Å²) < 4.78 is 8.47. The van der Waals surface area contributed by atoms with Gasteiger partial charge in [0, 0.05) is 30.7 Å². The first kappa shape index (κ1) is 23.4. The van der Waals surface area contributed by atoms with Crippen LogP contribution in [0.2, 0.25) is 0 Å². The number of carbonyl (C=O) groups excluding carboxylic acids is 1. The fourth-order valence-electron chi connectivity index (χ4n) is 4.38. The number of nitrogens with one attached hydrogen (secondary N) is 1. The van der Waals surface area contributed by atoms with Crippen LogP contribution in [0.1, 0.15) is 24.7 Å². The van der Waals surface area contributed by atoms with Crippen LogP contribution < -0.4 is 20.5 Å². The van der Waals surface area contributed by atoms with Crippen molar-refractivity contribution in [2.75, 3.05) is 31.6 Å². The van der Waals surface area contributed by atoms with Crippen molar-refractivity contribution in [3.63, 3.8) is 0 Å².